The van der Waals surface area contributed by atoms with E-state index in [1.54, 1.807) is 31.0 Å². The summed E-state index contributed by atoms with van der Waals surface area (Å²) in [5, 5.41) is 18.2. The molecule has 5 heteroatoms. The number of carboxylic acids is 1. The average Bonchev–Trinajstić information content (AvgIpc) is 2.28. The van der Waals surface area contributed by atoms with Crippen LogP contribution in [0.15, 0.2) is 18.2 Å². The predicted molar refractivity (Wildman–Crippen MR) is 66.5 cm³/mol. The Morgan fingerprint density at radius 2 is 2.29 bits per heavy atom. The molecule has 0 radical (unpaired) electrons. The summed E-state index contributed by atoms with van der Waals surface area (Å²) in [4.78, 5) is 12.8. The Bertz CT molecular complexity index is 468. The van der Waals surface area contributed by atoms with E-state index in [-0.39, 0.29) is 11.5 Å². The SMILES string of the molecule is CC(C#N)CN(C)c1ccc(Cl)cc1C(=O)O. The molecule has 0 saturated carbocycles. The molecule has 0 aliphatic heterocycles. The lowest BCUT2D eigenvalue weighted by atomic mass is 10.1. The van der Waals surface area contributed by atoms with Crippen LogP contribution >= 0.6 is 11.6 Å². The first-order chi connectivity index (χ1) is 7.95. The van der Waals surface area contributed by atoms with Crippen molar-refractivity contribution < 1.29 is 9.90 Å². The minimum atomic E-state index is -1.03. The standard InChI is InChI=1S/C12H13ClN2O2/c1-8(6-14)7-15(2)11-4-3-9(13)5-10(11)12(16)17/h3-5,8H,7H2,1-2H3,(H,16,17). The van der Waals surface area contributed by atoms with Gasteiger partial charge in [0.05, 0.1) is 23.2 Å². The fourth-order valence-electron chi connectivity index (χ4n) is 1.56. The number of rotatable bonds is 4. The lowest BCUT2D eigenvalue weighted by Crippen LogP contribution is -2.25. The summed E-state index contributed by atoms with van der Waals surface area (Å²) < 4.78 is 0. The molecule has 0 aliphatic rings. The third-order valence-corrected chi connectivity index (χ3v) is 2.60. The average molecular weight is 253 g/mol. The predicted octanol–water partition coefficient (Wildman–Crippen LogP) is 2.63. The van der Waals surface area contributed by atoms with E-state index in [4.69, 9.17) is 22.0 Å². The molecule has 1 unspecified atom stereocenters. The smallest absolute Gasteiger partial charge is 0.337 e. The Hall–Kier alpha value is -1.73. The van der Waals surface area contributed by atoms with Crippen molar-refractivity contribution in [1.29, 1.82) is 5.26 Å². The van der Waals surface area contributed by atoms with E-state index in [2.05, 4.69) is 6.07 Å². The van der Waals surface area contributed by atoms with Gasteiger partial charge in [0.2, 0.25) is 0 Å². The fraction of sp³-hybridized carbons (Fsp3) is 0.333. The van der Waals surface area contributed by atoms with Gasteiger partial charge in [-0.25, -0.2) is 4.79 Å². The van der Waals surface area contributed by atoms with Crippen LogP contribution in [0.4, 0.5) is 5.69 Å². The number of benzene rings is 1. The number of carbonyl (C=O) groups is 1. The van der Waals surface area contributed by atoms with Gasteiger partial charge in [-0.1, -0.05) is 11.6 Å². The lowest BCUT2D eigenvalue weighted by molar-refractivity contribution is 0.0697. The molecule has 0 fully saturated rings. The Morgan fingerprint density at radius 1 is 1.65 bits per heavy atom. The minimum absolute atomic E-state index is 0.144. The van der Waals surface area contributed by atoms with E-state index in [0.29, 0.717) is 17.3 Å². The first kappa shape index (κ1) is 13.3. The molecular weight excluding hydrogens is 240 g/mol. The second kappa shape index (κ2) is 5.55. The second-order valence-corrected chi connectivity index (χ2v) is 4.31. The highest BCUT2D eigenvalue weighted by molar-refractivity contribution is 6.31. The highest BCUT2D eigenvalue weighted by Crippen LogP contribution is 2.24. The highest BCUT2D eigenvalue weighted by atomic mass is 35.5. The van der Waals surface area contributed by atoms with Gasteiger partial charge in [-0.05, 0) is 25.1 Å². The molecule has 0 amide bonds. The molecule has 4 nitrogen and oxygen atoms in total. The normalized spacial score (nSPS) is 11.6. The van der Waals surface area contributed by atoms with E-state index >= 15 is 0 Å². The number of carboxylic acid groups (broad SMARTS) is 1. The van der Waals surface area contributed by atoms with Crippen LogP contribution in [0.5, 0.6) is 0 Å². The van der Waals surface area contributed by atoms with Gasteiger partial charge in [-0.3, -0.25) is 0 Å². The Kier molecular flexibility index (Phi) is 4.36. The molecule has 0 saturated heterocycles. The number of anilines is 1. The van der Waals surface area contributed by atoms with Crippen molar-refractivity contribution in [3.8, 4) is 6.07 Å². The lowest BCUT2D eigenvalue weighted by Gasteiger charge is -2.22. The Balaban J connectivity index is 3.05. The number of nitrogens with zero attached hydrogens (tertiary/aromatic N) is 2. The monoisotopic (exact) mass is 252 g/mol. The van der Waals surface area contributed by atoms with Crippen molar-refractivity contribution in [2.45, 2.75) is 6.92 Å². The first-order valence-electron chi connectivity index (χ1n) is 5.09. The van der Waals surface area contributed by atoms with E-state index < -0.39 is 5.97 Å². The maximum atomic E-state index is 11.1. The molecule has 1 N–H and O–H groups in total. The van der Waals surface area contributed by atoms with Crippen molar-refractivity contribution in [3.63, 3.8) is 0 Å². The number of halogens is 1. The topological polar surface area (TPSA) is 64.3 Å². The molecule has 0 aliphatic carbocycles. The molecule has 1 aromatic carbocycles. The summed E-state index contributed by atoms with van der Waals surface area (Å²) in [6.07, 6.45) is 0. The molecule has 0 spiro atoms. The second-order valence-electron chi connectivity index (χ2n) is 3.88. The zero-order chi connectivity index (χ0) is 13.0. The molecule has 0 bridgehead atoms. The minimum Gasteiger partial charge on any atom is -0.478 e. The van der Waals surface area contributed by atoms with E-state index in [0.717, 1.165) is 0 Å². The molecule has 17 heavy (non-hydrogen) atoms. The molecule has 1 aromatic rings. The van der Waals surface area contributed by atoms with Crippen LogP contribution in [0.25, 0.3) is 0 Å². The summed E-state index contributed by atoms with van der Waals surface area (Å²) in [7, 11) is 1.75. The zero-order valence-corrected chi connectivity index (χ0v) is 10.4. The summed E-state index contributed by atoms with van der Waals surface area (Å²) >= 11 is 5.76. The van der Waals surface area contributed by atoms with Crippen molar-refractivity contribution >= 4 is 23.3 Å². The van der Waals surface area contributed by atoms with Gasteiger partial charge in [0.15, 0.2) is 0 Å². The number of nitriles is 1. The molecule has 0 heterocycles. The van der Waals surface area contributed by atoms with Gasteiger partial charge in [0.25, 0.3) is 0 Å². The first-order valence-corrected chi connectivity index (χ1v) is 5.47. The van der Waals surface area contributed by atoms with Crippen LogP contribution in [0.2, 0.25) is 5.02 Å². The summed E-state index contributed by atoms with van der Waals surface area (Å²) in [5.74, 6) is -1.20. The quantitative estimate of drug-likeness (QED) is 0.895. The van der Waals surface area contributed by atoms with Crippen LogP contribution in [0.1, 0.15) is 17.3 Å². The molecule has 1 atom stereocenters. The van der Waals surface area contributed by atoms with Crippen molar-refractivity contribution in [2.24, 2.45) is 5.92 Å². The van der Waals surface area contributed by atoms with Gasteiger partial charge < -0.3 is 10.0 Å². The van der Waals surface area contributed by atoms with Crippen molar-refractivity contribution in [1.82, 2.24) is 0 Å². The zero-order valence-electron chi connectivity index (χ0n) is 9.64. The van der Waals surface area contributed by atoms with Crippen LogP contribution in [0, 0.1) is 17.2 Å². The van der Waals surface area contributed by atoms with Crippen LogP contribution in [0.3, 0.4) is 0 Å². The van der Waals surface area contributed by atoms with E-state index in [1.807, 2.05) is 0 Å². The maximum Gasteiger partial charge on any atom is 0.337 e. The van der Waals surface area contributed by atoms with Crippen molar-refractivity contribution in [3.05, 3.63) is 28.8 Å². The van der Waals surface area contributed by atoms with Crippen molar-refractivity contribution in [2.75, 3.05) is 18.5 Å². The van der Waals surface area contributed by atoms with Gasteiger partial charge in [-0.2, -0.15) is 5.26 Å². The summed E-state index contributed by atoms with van der Waals surface area (Å²) in [6.45, 7) is 2.26. The molecule has 90 valence electrons. The molecular formula is C12H13ClN2O2. The van der Waals surface area contributed by atoms with Gasteiger partial charge >= 0.3 is 5.97 Å². The number of hydrogen-bond acceptors (Lipinski definition) is 3. The Morgan fingerprint density at radius 3 is 2.82 bits per heavy atom. The maximum absolute atomic E-state index is 11.1. The summed E-state index contributed by atoms with van der Waals surface area (Å²) in [6, 6.07) is 6.80. The van der Waals surface area contributed by atoms with E-state index in [1.165, 1.54) is 6.07 Å². The van der Waals surface area contributed by atoms with Gasteiger partial charge in [0, 0.05) is 18.6 Å². The third kappa shape index (κ3) is 3.36. The fourth-order valence-corrected chi connectivity index (χ4v) is 1.73. The largest absolute Gasteiger partial charge is 0.478 e. The van der Waals surface area contributed by atoms with Crippen LogP contribution < -0.4 is 4.90 Å². The third-order valence-electron chi connectivity index (χ3n) is 2.37. The van der Waals surface area contributed by atoms with Gasteiger partial charge in [-0.15, -0.1) is 0 Å². The number of hydrogen-bond donors (Lipinski definition) is 1. The van der Waals surface area contributed by atoms with Gasteiger partial charge in [0.1, 0.15) is 0 Å². The molecule has 1 rings (SSSR count). The summed E-state index contributed by atoms with van der Waals surface area (Å²) in [5.41, 5.74) is 0.703. The van der Waals surface area contributed by atoms with Crippen LogP contribution in [-0.4, -0.2) is 24.7 Å². The van der Waals surface area contributed by atoms with Crippen LogP contribution in [-0.2, 0) is 0 Å². The number of aromatic carboxylic acids is 1. The molecule has 0 aromatic heterocycles. The highest BCUT2D eigenvalue weighted by Gasteiger charge is 2.15. The Labute approximate surface area is 105 Å². The van der Waals surface area contributed by atoms with E-state index in [9.17, 15) is 4.79 Å².